The number of rotatable bonds is 3. The second-order valence-electron chi connectivity index (χ2n) is 4.45. The van der Waals surface area contributed by atoms with E-state index >= 15 is 0 Å². The summed E-state index contributed by atoms with van der Waals surface area (Å²) < 4.78 is 0. The molecule has 0 aliphatic carbocycles. The molecule has 1 aromatic heterocycles. The minimum Gasteiger partial charge on any atom is -0.346 e. The zero-order valence-corrected chi connectivity index (χ0v) is 11.9. The van der Waals surface area contributed by atoms with Crippen molar-refractivity contribution in [2.75, 3.05) is 0 Å². The number of nitrogens with one attached hydrogen (secondary N) is 1. The predicted molar refractivity (Wildman–Crippen MR) is 78.6 cm³/mol. The molecule has 0 bridgehead atoms. The van der Waals surface area contributed by atoms with Crippen LogP contribution < -0.4 is 5.32 Å². The first-order valence-corrected chi connectivity index (χ1v) is 6.51. The van der Waals surface area contributed by atoms with Gasteiger partial charge in [-0.15, -0.1) is 12.6 Å². The third-order valence-electron chi connectivity index (χ3n) is 3.00. The zero-order valence-electron chi connectivity index (χ0n) is 11.0. The van der Waals surface area contributed by atoms with E-state index in [1.807, 2.05) is 38.1 Å². The van der Waals surface area contributed by atoms with Gasteiger partial charge < -0.3 is 5.32 Å². The van der Waals surface area contributed by atoms with E-state index in [0.29, 0.717) is 12.1 Å². The first-order valence-electron chi connectivity index (χ1n) is 6.06. The van der Waals surface area contributed by atoms with Crippen LogP contribution in [0.1, 0.15) is 27.2 Å². The van der Waals surface area contributed by atoms with Gasteiger partial charge in [0, 0.05) is 16.7 Å². The molecular formula is C15H16N2OS. The van der Waals surface area contributed by atoms with Gasteiger partial charge in [-0.25, -0.2) is 0 Å². The SMILES string of the molecule is Cc1ccc(S)cc1C(=O)NCc1ncccc1C. The smallest absolute Gasteiger partial charge is 0.251 e. The molecule has 0 aliphatic heterocycles. The van der Waals surface area contributed by atoms with Crippen molar-refractivity contribution in [3.63, 3.8) is 0 Å². The number of benzene rings is 1. The maximum absolute atomic E-state index is 12.1. The highest BCUT2D eigenvalue weighted by molar-refractivity contribution is 7.80. The largest absolute Gasteiger partial charge is 0.346 e. The molecule has 3 nitrogen and oxygen atoms in total. The lowest BCUT2D eigenvalue weighted by molar-refractivity contribution is 0.0949. The number of aryl methyl sites for hydroxylation is 2. The first-order chi connectivity index (χ1) is 9.08. The molecule has 98 valence electrons. The molecule has 0 saturated heterocycles. The van der Waals surface area contributed by atoms with Crippen molar-refractivity contribution in [1.29, 1.82) is 0 Å². The summed E-state index contributed by atoms with van der Waals surface area (Å²) in [6.45, 7) is 4.32. The molecule has 2 rings (SSSR count). The molecule has 0 saturated carbocycles. The van der Waals surface area contributed by atoms with Gasteiger partial charge >= 0.3 is 0 Å². The number of carbonyl (C=O) groups is 1. The monoisotopic (exact) mass is 272 g/mol. The fourth-order valence-electron chi connectivity index (χ4n) is 1.82. The van der Waals surface area contributed by atoms with Gasteiger partial charge in [-0.05, 0) is 43.2 Å². The fourth-order valence-corrected chi connectivity index (χ4v) is 2.02. The number of hydrogen-bond donors (Lipinski definition) is 2. The van der Waals surface area contributed by atoms with Crippen molar-refractivity contribution in [2.45, 2.75) is 25.3 Å². The van der Waals surface area contributed by atoms with Crippen molar-refractivity contribution in [3.8, 4) is 0 Å². The van der Waals surface area contributed by atoms with Crippen LogP contribution in [0.15, 0.2) is 41.4 Å². The van der Waals surface area contributed by atoms with Gasteiger partial charge in [-0.1, -0.05) is 12.1 Å². The highest BCUT2D eigenvalue weighted by atomic mass is 32.1. The quantitative estimate of drug-likeness (QED) is 0.844. The lowest BCUT2D eigenvalue weighted by atomic mass is 10.1. The number of pyridine rings is 1. The maximum Gasteiger partial charge on any atom is 0.251 e. The van der Waals surface area contributed by atoms with Crippen molar-refractivity contribution in [2.24, 2.45) is 0 Å². The van der Waals surface area contributed by atoms with Crippen LogP contribution in [0, 0.1) is 13.8 Å². The number of carbonyl (C=O) groups excluding carboxylic acids is 1. The average Bonchev–Trinajstić information content (AvgIpc) is 2.40. The standard InChI is InChI=1S/C15H16N2OS/c1-10-5-6-12(19)8-13(10)15(18)17-9-14-11(2)4-3-7-16-14/h3-8,19H,9H2,1-2H3,(H,17,18). The summed E-state index contributed by atoms with van der Waals surface area (Å²) in [7, 11) is 0. The number of nitrogens with zero attached hydrogens (tertiary/aromatic N) is 1. The molecule has 1 N–H and O–H groups in total. The molecule has 0 atom stereocenters. The molecule has 1 amide bonds. The van der Waals surface area contributed by atoms with Gasteiger partial charge in [0.1, 0.15) is 0 Å². The fraction of sp³-hybridized carbons (Fsp3) is 0.200. The summed E-state index contributed by atoms with van der Waals surface area (Å²) in [5.74, 6) is -0.0987. The summed E-state index contributed by atoms with van der Waals surface area (Å²) >= 11 is 4.26. The van der Waals surface area contributed by atoms with Crippen LogP contribution in [-0.4, -0.2) is 10.9 Å². The number of hydrogen-bond acceptors (Lipinski definition) is 3. The normalized spacial score (nSPS) is 10.3. The Bertz CT molecular complexity index is 611. The van der Waals surface area contributed by atoms with Gasteiger partial charge in [0.25, 0.3) is 5.91 Å². The summed E-state index contributed by atoms with van der Waals surface area (Å²) in [6, 6.07) is 9.41. The van der Waals surface area contributed by atoms with Crippen molar-refractivity contribution in [1.82, 2.24) is 10.3 Å². The molecule has 19 heavy (non-hydrogen) atoms. The van der Waals surface area contributed by atoms with E-state index in [9.17, 15) is 4.79 Å². The van der Waals surface area contributed by atoms with Crippen LogP contribution in [0.5, 0.6) is 0 Å². The summed E-state index contributed by atoms with van der Waals surface area (Å²) in [5.41, 5.74) is 3.55. The summed E-state index contributed by atoms with van der Waals surface area (Å²) in [5, 5.41) is 2.89. The van der Waals surface area contributed by atoms with E-state index in [2.05, 4.69) is 22.9 Å². The highest BCUT2D eigenvalue weighted by Gasteiger charge is 2.09. The molecule has 0 spiro atoms. The minimum absolute atomic E-state index is 0.0987. The molecule has 0 aliphatic rings. The average molecular weight is 272 g/mol. The van der Waals surface area contributed by atoms with Gasteiger partial charge in [0.15, 0.2) is 0 Å². The van der Waals surface area contributed by atoms with E-state index in [1.54, 1.807) is 12.3 Å². The number of aromatic nitrogens is 1. The van der Waals surface area contributed by atoms with E-state index in [-0.39, 0.29) is 5.91 Å². The van der Waals surface area contributed by atoms with E-state index in [0.717, 1.165) is 21.7 Å². The third-order valence-corrected chi connectivity index (χ3v) is 3.28. The van der Waals surface area contributed by atoms with Crippen LogP contribution in [0.2, 0.25) is 0 Å². The molecule has 0 radical (unpaired) electrons. The lowest BCUT2D eigenvalue weighted by Gasteiger charge is -2.09. The molecule has 0 unspecified atom stereocenters. The first kappa shape index (κ1) is 13.6. The molecule has 1 heterocycles. The molecular weight excluding hydrogens is 256 g/mol. The molecule has 1 aromatic carbocycles. The molecule has 0 fully saturated rings. The van der Waals surface area contributed by atoms with Crippen LogP contribution in [-0.2, 0) is 6.54 Å². The Balaban J connectivity index is 2.10. The second-order valence-corrected chi connectivity index (χ2v) is 4.97. The summed E-state index contributed by atoms with van der Waals surface area (Å²) in [6.07, 6.45) is 1.73. The topological polar surface area (TPSA) is 42.0 Å². The maximum atomic E-state index is 12.1. The van der Waals surface area contributed by atoms with Crippen LogP contribution in [0.3, 0.4) is 0 Å². The minimum atomic E-state index is -0.0987. The van der Waals surface area contributed by atoms with Gasteiger partial charge in [-0.3, -0.25) is 9.78 Å². The number of thiol groups is 1. The van der Waals surface area contributed by atoms with Crippen molar-refractivity contribution < 1.29 is 4.79 Å². The predicted octanol–water partition coefficient (Wildman–Crippen LogP) is 2.92. The van der Waals surface area contributed by atoms with Gasteiger partial charge in [0.2, 0.25) is 0 Å². The Morgan fingerprint density at radius 3 is 2.79 bits per heavy atom. The Labute approximate surface area is 118 Å². The highest BCUT2D eigenvalue weighted by Crippen LogP contribution is 2.14. The second kappa shape index (κ2) is 5.89. The van der Waals surface area contributed by atoms with E-state index < -0.39 is 0 Å². The van der Waals surface area contributed by atoms with E-state index in [4.69, 9.17) is 0 Å². The van der Waals surface area contributed by atoms with Crippen LogP contribution in [0.25, 0.3) is 0 Å². The van der Waals surface area contributed by atoms with Crippen molar-refractivity contribution >= 4 is 18.5 Å². The Hall–Kier alpha value is -1.81. The lowest BCUT2D eigenvalue weighted by Crippen LogP contribution is -2.24. The van der Waals surface area contributed by atoms with Gasteiger partial charge in [-0.2, -0.15) is 0 Å². The van der Waals surface area contributed by atoms with Gasteiger partial charge in [0.05, 0.1) is 12.2 Å². The Morgan fingerprint density at radius 1 is 1.26 bits per heavy atom. The van der Waals surface area contributed by atoms with E-state index in [1.165, 1.54) is 0 Å². The van der Waals surface area contributed by atoms with Crippen LogP contribution >= 0.6 is 12.6 Å². The van der Waals surface area contributed by atoms with Crippen LogP contribution in [0.4, 0.5) is 0 Å². The molecule has 4 heteroatoms. The Morgan fingerprint density at radius 2 is 2.05 bits per heavy atom. The zero-order chi connectivity index (χ0) is 13.8. The summed E-state index contributed by atoms with van der Waals surface area (Å²) in [4.78, 5) is 17.2. The third kappa shape index (κ3) is 3.35. The number of amides is 1. The van der Waals surface area contributed by atoms with Crippen molar-refractivity contribution in [3.05, 3.63) is 58.9 Å². The molecule has 2 aromatic rings. The Kier molecular flexibility index (Phi) is 4.22.